The number of benzene rings is 1. The lowest BCUT2D eigenvalue weighted by Crippen LogP contribution is -2.45. The largest absolute Gasteiger partial charge is 0.508 e. The van der Waals surface area contributed by atoms with Gasteiger partial charge >= 0.3 is 13.2 Å². The highest BCUT2D eigenvalue weighted by Gasteiger charge is 2.59. The van der Waals surface area contributed by atoms with E-state index in [1.807, 2.05) is 0 Å². The maximum absolute atomic E-state index is 13.1. The molecule has 4 rings (SSSR count). The molecule has 30 heavy (non-hydrogen) atoms. The summed E-state index contributed by atoms with van der Waals surface area (Å²) in [6, 6.07) is 6.39. The molecule has 2 saturated heterocycles. The fraction of sp³-hybridized carbons (Fsp3) is 0.450. The number of carbonyl (C=O) groups excluding carboxylic acids is 3. The molecular weight excluding hydrogens is 393 g/mol. The average molecular weight is 415 g/mol. The maximum Gasteiger partial charge on any atom is 0.487 e. The van der Waals surface area contributed by atoms with Gasteiger partial charge in [0.25, 0.3) is 0 Å². The number of methoxy groups -OCH3 is 2. The van der Waals surface area contributed by atoms with Crippen molar-refractivity contribution in [2.75, 3.05) is 20.8 Å². The molecule has 9 nitrogen and oxygen atoms in total. The number of nitrogens with zero attached hydrogens (tertiary/aromatic N) is 1. The first kappa shape index (κ1) is 20.6. The summed E-state index contributed by atoms with van der Waals surface area (Å²) in [6.07, 6.45) is -1.02. The smallest absolute Gasteiger partial charge is 0.487 e. The molecule has 1 aliphatic carbocycles. The molecular formula is C20H22BNO8. The van der Waals surface area contributed by atoms with Crippen LogP contribution in [-0.4, -0.2) is 60.9 Å². The van der Waals surface area contributed by atoms with E-state index in [0.29, 0.717) is 22.4 Å². The molecule has 0 aromatic heterocycles. The number of allylic oxidation sites excluding steroid dienone is 1. The third-order valence-electron chi connectivity index (χ3n) is 6.15. The minimum atomic E-state index is -1.27. The second kappa shape index (κ2) is 7.86. The number of amides is 3. The quantitative estimate of drug-likeness (QED) is 0.558. The standard InChI is InChI=1S/C20H22BNO8/c1-28-9-11-7-14-16(19(25)22(18(14)24)20(26)29-2)13-8-15(30-21(27)17(11)13)10-3-5-12(23)6-4-10/h3-6,13-16,23,27H,7-9H2,1-2H3/t13-,14-,15-,16+/m0/s1. The van der Waals surface area contributed by atoms with E-state index in [9.17, 15) is 24.5 Å². The van der Waals surface area contributed by atoms with Crippen molar-refractivity contribution in [2.45, 2.75) is 18.9 Å². The first-order valence-electron chi connectivity index (χ1n) is 9.66. The first-order chi connectivity index (χ1) is 14.4. The van der Waals surface area contributed by atoms with Crippen molar-refractivity contribution >= 4 is 25.0 Å². The van der Waals surface area contributed by atoms with Gasteiger partial charge in [0.1, 0.15) is 5.75 Å². The molecule has 2 aliphatic heterocycles. The Kier molecular flexibility index (Phi) is 5.39. The molecule has 2 heterocycles. The van der Waals surface area contributed by atoms with Gasteiger partial charge in [0.2, 0.25) is 11.8 Å². The van der Waals surface area contributed by atoms with Crippen LogP contribution in [0.1, 0.15) is 24.5 Å². The molecule has 2 N–H and O–H groups in total. The number of hydrogen-bond donors (Lipinski definition) is 2. The highest BCUT2D eigenvalue weighted by Crippen LogP contribution is 2.51. The van der Waals surface area contributed by atoms with Crippen LogP contribution in [0.2, 0.25) is 0 Å². The Morgan fingerprint density at radius 3 is 2.53 bits per heavy atom. The van der Waals surface area contributed by atoms with Gasteiger partial charge in [-0.05, 0) is 47.5 Å². The van der Waals surface area contributed by atoms with E-state index < -0.39 is 48.9 Å². The van der Waals surface area contributed by atoms with Crippen molar-refractivity contribution in [3.8, 4) is 5.75 Å². The van der Waals surface area contributed by atoms with Crippen molar-refractivity contribution in [3.05, 3.63) is 40.9 Å². The van der Waals surface area contributed by atoms with Crippen LogP contribution >= 0.6 is 0 Å². The normalized spacial score (nSPS) is 28.5. The highest BCUT2D eigenvalue weighted by atomic mass is 16.5. The van der Waals surface area contributed by atoms with Gasteiger partial charge in [-0.15, -0.1) is 0 Å². The monoisotopic (exact) mass is 415 g/mol. The average Bonchev–Trinajstić information content (AvgIpc) is 2.98. The lowest BCUT2D eigenvalue weighted by Gasteiger charge is -2.42. The molecule has 10 heteroatoms. The number of phenolic OH excluding ortho intramolecular Hbond substituents is 1. The third-order valence-corrected chi connectivity index (χ3v) is 6.15. The molecule has 4 atom stereocenters. The Labute approximate surface area is 173 Å². The first-order valence-corrected chi connectivity index (χ1v) is 9.66. The third kappa shape index (κ3) is 3.21. The number of ether oxygens (including phenoxy) is 2. The molecule has 158 valence electrons. The number of hydrogen-bond acceptors (Lipinski definition) is 8. The van der Waals surface area contributed by atoms with E-state index in [0.717, 1.165) is 12.7 Å². The summed E-state index contributed by atoms with van der Waals surface area (Å²) in [6.45, 7) is 0.180. The van der Waals surface area contributed by atoms with E-state index in [1.54, 1.807) is 12.1 Å². The second-order valence-corrected chi connectivity index (χ2v) is 7.72. The van der Waals surface area contributed by atoms with Gasteiger partial charge in [0.05, 0.1) is 31.7 Å². The van der Waals surface area contributed by atoms with Gasteiger partial charge in [-0.25, -0.2) is 4.79 Å². The van der Waals surface area contributed by atoms with Gasteiger partial charge in [0, 0.05) is 7.11 Å². The Balaban J connectivity index is 1.74. The van der Waals surface area contributed by atoms with Crippen molar-refractivity contribution in [1.29, 1.82) is 0 Å². The zero-order valence-corrected chi connectivity index (χ0v) is 16.6. The summed E-state index contributed by atoms with van der Waals surface area (Å²) < 4.78 is 15.7. The molecule has 0 bridgehead atoms. The van der Waals surface area contributed by atoms with Gasteiger partial charge in [-0.1, -0.05) is 12.1 Å². The number of carbonyl (C=O) groups is 3. The summed E-state index contributed by atoms with van der Waals surface area (Å²) in [5.74, 6) is -3.11. The number of likely N-dealkylation sites (tertiary alicyclic amines) is 1. The minimum Gasteiger partial charge on any atom is -0.508 e. The highest BCUT2D eigenvalue weighted by molar-refractivity contribution is 6.53. The number of fused-ring (bicyclic) bond motifs is 3. The van der Waals surface area contributed by atoms with Crippen LogP contribution < -0.4 is 0 Å². The summed E-state index contributed by atoms with van der Waals surface area (Å²) in [5.41, 5.74) is 1.97. The molecule has 2 fully saturated rings. The molecule has 3 amide bonds. The van der Waals surface area contributed by atoms with E-state index in [2.05, 4.69) is 4.74 Å². The number of phenols is 1. The number of aromatic hydroxyl groups is 1. The molecule has 0 radical (unpaired) electrons. The molecule has 0 unspecified atom stereocenters. The molecule has 3 aliphatic rings. The van der Waals surface area contributed by atoms with E-state index in [-0.39, 0.29) is 18.8 Å². The Hall–Kier alpha value is -2.69. The van der Waals surface area contributed by atoms with Crippen LogP contribution in [0, 0.1) is 17.8 Å². The summed E-state index contributed by atoms with van der Waals surface area (Å²) in [4.78, 5) is 38.5. The Morgan fingerprint density at radius 2 is 1.90 bits per heavy atom. The Morgan fingerprint density at radius 1 is 1.20 bits per heavy atom. The van der Waals surface area contributed by atoms with Gasteiger partial charge in [0.15, 0.2) is 0 Å². The fourth-order valence-electron chi connectivity index (χ4n) is 4.89. The van der Waals surface area contributed by atoms with Crippen molar-refractivity contribution in [2.24, 2.45) is 17.8 Å². The summed E-state index contributed by atoms with van der Waals surface area (Å²) in [5, 5.41) is 20.3. The van der Waals surface area contributed by atoms with Crippen molar-refractivity contribution in [1.82, 2.24) is 4.90 Å². The predicted molar refractivity (Wildman–Crippen MR) is 103 cm³/mol. The minimum absolute atomic E-state index is 0.0982. The SMILES string of the molecule is COCC1=C2B(O)O[C@H](c3ccc(O)cc3)C[C@H]2[C@H]2C(=O)N(C(=O)OC)C(=O)[C@H]2C1. The predicted octanol–water partition coefficient (Wildman–Crippen LogP) is 1.20. The second-order valence-electron chi connectivity index (χ2n) is 7.72. The summed E-state index contributed by atoms with van der Waals surface area (Å²) in [7, 11) is 1.35. The number of imide groups is 3. The van der Waals surface area contributed by atoms with Gasteiger partial charge < -0.3 is 24.3 Å². The van der Waals surface area contributed by atoms with Crippen molar-refractivity contribution < 1.29 is 38.6 Å². The van der Waals surface area contributed by atoms with Crippen LogP contribution in [0.25, 0.3) is 0 Å². The number of rotatable bonds is 3. The van der Waals surface area contributed by atoms with Crippen LogP contribution in [0.5, 0.6) is 5.75 Å². The topological polar surface area (TPSA) is 123 Å². The van der Waals surface area contributed by atoms with E-state index in [1.165, 1.54) is 19.2 Å². The molecule has 1 aromatic rings. The summed E-state index contributed by atoms with van der Waals surface area (Å²) >= 11 is 0. The lowest BCUT2D eigenvalue weighted by molar-refractivity contribution is -0.137. The maximum atomic E-state index is 13.1. The molecule has 0 spiro atoms. The van der Waals surface area contributed by atoms with Crippen LogP contribution in [-0.2, 0) is 23.7 Å². The fourth-order valence-corrected chi connectivity index (χ4v) is 4.89. The van der Waals surface area contributed by atoms with E-state index >= 15 is 0 Å². The zero-order chi connectivity index (χ0) is 21.6. The van der Waals surface area contributed by atoms with Gasteiger partial charge in [-0.2, -0.15) is 4.90 Å². The lowest BCUT2D eigenvalue weighted by atomic mass is 9.55. The zero-order valence-electron chi connectivity index (χ0n) is 16.6. The van der Waals surface area contributed by atoms with Crippen LogP contribution in [0.15, 0.2) is 35.3 Å². The van der Waals surface area contributed by atoms with Gasteiger partial charge in [-0.3, -0.25) is 9.59 Å². The van der Waals surface area contributed by atoms with Crippen LogP contribution in [0.3, 0.4) is 0 Å². The van der Waals surface area contributed by atoms with E-state index in [4.69, 9.17) is 9.39 Å². The van der Waals surface area contributed by atoms with Crippen molar-refractivity contribution in [3.63, 3.8) is 0 Å². The Bertz CT molecular complexity index is 914. The molecule has 0 saturated carbocycles. The molecule has 1 aromatic carbocycles. The van der Waals surface area contributed by atoms with Crippen LogP contribution in [0.4, 0.5) is 4.79 Å².